The van der Waals surface area contributed by atoms with Crippen LogP contribution in [0.5, 0.6) is 0 Å². The summed E-state index contributed by atoms with van der Waals surface area (Å²) in [5, 5.41) is 18.1. The third kappa shape index (κ3) is 2.31. The van der Waals surface area contributed by atoms with Crippen LogP contribution >= 0.6 is 0 Å². The zero-order valence-electron chi connectivity index (χ0n) is 12.8. The van der Waals surface area contributed by atoms with E-state index in [2.05, 4.69) is 0 Å². The molecule has 3 aromatic rings. The minimum absolute atomic E-state index is 0.0814. The van der Waals surface area contributed by atoms with E-state index in [4.69, 9.17) is 10.2 Å². The van der Waals surface area contributed by atoms with Gasteiger partial charge in [0.1, 0.15) is 0 Å². The van der Waals surface area contributed by atoms with Crippen molar-refractivity contribution in [1.82, 2.24) is 9.13 Å². The molecule has 1 aromatic carbocycles. The Morgan fingerprint density at radius 3 is 1.17 bits per heavy atom. The van der Waals surface area contributed by atoms with E-state index in [1.165, 1.54) is 12.1 Å². The summed E-state index contributed by atoms with van der Waals surface area (Å²) in [6, 6.07) is 2.59. The highest BCUT2D eigenvalue weighted by atomic mass is 16.3. The Bertz CT molecular complexity index is 950. The summed E-state index contributed by atoms with van der Waals surface area (Å²) in [5.41, 5.74) is -2.11. The minimum atomic E-state index is -0.527. The van der Waals surface area contributed by atoms with Crippen LogP contribution in [0.2, 0.25) is 0 Å². The molecule has 126 valence electrons. The Morgan fingerprint density at radius 2 is 0.917 bits per heavy atom. The maximum absolute atomic E-state index is 12.3. The van der Waals surface area contributed by atoms with Gasteiger partial charge in [0.15, 0.2) is 0 Å². The van der Waals surface area contributed by atoms with E-state index < -0.39 is 22.2 Å². The largest absolute Gasteiger partial charge is 0.396 e. The fourth-order valence-corrected chi connectivity index (χ4v) is 2.94. The summed E-state index contributed by atoms with van der Waals surface area (Å²) >= 11 is 0. The minimum Gasteiger partial charge on any atom is -0.396 e. The molecule has 2 heterocycles. The van der Waals surface area contributed by atoms with Gasteiger partial charge in [0, 0.05) is 26.3 Å². The molecule has 0 atom stereocenters. The van der Waals surface area contributed by atoms with Crippen molar-refractivity contribution < 1.29 is 10.2 Å². The summed E-state index contributed by atoms with van der Waals surface area (Å²) in [5.74, 6) is 0. The molecular formula is C16H16N2O6. The molecule has 0 saturated carbocycles. The average Bonchev–Trinajstić information content (AvgIpc) is 2.95. The van der Waals surface area contributed by atoms with Gasteiger partial charge in [-0.15, -0.1) is 0 Å². The highest BCUT2D eigenvalue weighted by molar-refractivity contribution is 5.97. The quantitative estimate of drug-likeness (QED) is 0.578. The molecule has 0 aliphatic heterocycles. The van der Waals surface area contributed by atoms with Crippen molar-refractivity contribution in [2.75, 3.05) is 13.2 Å². The van der Waals surface area contributed by atoms with Gasteiger partial charge >= 0.3 is 0 Å². The number of benzene rings is 1. The van der Waals surface area contributed by atoms with Crippen molar-refractivity contribution >= 4 is 21.5 Å². The van der Waals surface area contributed by atoms with Crippen LogP contribution in [0, 0.1) is 0 Å². The highest BCUT2D eigenvalue weighted by Crippen LogP contribution is 2.14. The first-order valence-corrected chi connectivity index (χ1v) is 7.63. The number of nitrogens with zero attached hydrogens (tertiary/aromatic N) is 2. The molecule has 2 aromatic heterocycles. The Hall–Kier alpha value is -2.58. The van der Waals surface area contributed by atoms with Crippen LogP contribution in [-0.4, -0.2) is 32.6 Å². The first-order valence-electron chi connectivity index (χ1n) is 7.63. The lowest BCUT2D eigenvalue weighted by molar-refractivity contribution is 0.278. The van der Waals surface area contributed by atoms with E-state index in [9.17, 15) is 19.2 Å². The molecule has 0 fully saturated rings. The lowest BCUT2D eigenvalue weighted by atomic mass is 10.1. The van der Waals surface area contributed by atoms with Crippen molar-refractivity contribution in [3.63, 3.8) is 0 Å². The topological polar surface area (TPSA) is 119 Å². The van der Waals surface area contributed by atoms with Gasteiger partial charge in [-0.2, -0.15) is 0 Å². The highest BCUT2D eigenvalue weighted by Gasteiger charge is 2.19. The number of aliphatic hydroxyl groups is 2. The Kier molecular flexibility index (Phi) is 4.16. The lowest BCUT2D eigenvalue weighted by Gasteiger charge is -1.96. The van der Waals surface area contributed by atoms with Gasteiger partial charge in [-0.1, -0.05) is 0 Å². The Morgan fingerprint density at radius 1 is 0.625 bits per heavy atom. The third-order valence-electron chi connectivity index (χ3n) is 4.14. The third-order valence-corrected chi connectivity index (χ3v) is 4.14. The molecule has 0 saturated heterocycles. The van der Waals surface area contributed by atoms with Crippen molar-refractivity contribution in [2.24, 2.45) is 0 Å². The van der Waals surface area contributed by atoms with Gasteiger partial charge in [-0.3, -0.25) is 28.3 Å². The van der Waals surface area contributed by atoms with Crippen LogP contribution in [0.3, 0.4) is 0 Å². The number of fused-ring (bicyclic) bond motifs is 2. The van der Waals surface area contributed by atoms with Gasteiger partial charge in [-0.05, 0) is 25.0 Å². The fraction of sp³-hybridized carbons (Fsp3) is 0.375. The summed E-state index contributed by atoms with van der Waals surface area (Å²) < 4.78 is 2.02. The average molecular weight is 332 g/mol. The zero-order valence-corrected chi connectivity index (χ0v) is 12.8. The normalized spacial score (nSPS) is 11.8. The number of aromatic nitrogens is 2. The number of hydrogen-bond donors (Lipinski definition) is 2. The summed E-state index contributed by atoms with van der Waals surface area (Å²) in [7, 11) is 0. The van der Waals surface area contributed by atoms with E-state index in [1.807, 2.05) is 0 Å². The van der Waals surface area contributed by atoms with Crippen molar-refractivity contribution in [3.05, 3.63) is 53.5 Å². The van der Waals surface area contributed by atoms with Crippen LogP contribution in [0.4, 0.5) is 0 Å². The maximum Gasteiger partial charge on any atom is 0.261 e. The van der Waals surface area contributed by atoms with Gasteiger partial charge < -0.3 is 10.2 Å². The smallest absolute Gasteiger partial charge is 0.261 e. The van der Waals surface area contributed by atoms with Gasteiger partial charge in [0.25, 0.3) is 22.2 Å². The predicted molar refractivity (Wildman–Crippen MR) is 88.3 cm³/mol. The van der Waals surface area contributed by atoms with Crippen LogP contribution < -0.4 is 22.2 Å². The zero-order chi connectivity index (χ0) is 17.4. The molecule has 2 N–H and O–H groups in total. The lowest BCUT2D eigenvalue weighted by Crippen LogP contribution is -2.26. The SMILES string of the molecule is O=c1c2cc3c(=O)n(CCCO)c(=O)c3cc2c(=O)n1CCCO. The number of hydrogen-bond acceptors (Lipinski definition) is 6. The van der Waals surface area contributed by atoms with E-state index in [0.29, 0.717) is 0 Å². The maximum atomic E-state index is 12.3. The van der Waals surface area contributed by atoms with Crippen molar-refractivity contribution in [3.8, 4) is 0 Å². The molecule has 8 nitrogen and oxygen atoms in total. The monoisotopic (exact) mass is 332 g/mol. The molecule has 24 heavy (non-hydrogen) atoms. The molecule has 0 bridgehead atoms. The van der Waals surface area contributed by atoms with Crippen molar-refractivity contribution in [1.29, 1.82) is 0 Å². The van der Waals surface area contributed by atoms with Crippen LogP contribution in [0.15, 0.2) is 31.3 Å². The van der Waals surface area contributed by atoms with Crippen LogP contribution in [0.25, 0.3) is 21.5 Å². The molecular weight excluding hydrogens is 316 g/mol. The predicted octanol–water partition coefficient (Wildman–Crippen LogP) is -1.32. The van der Waals surface area contributed by atoms with Crippen LogP contribution in [0.1, 0.15) is 12.8 Å². The summed E-state index contributed by atoms with van der Waals surface area (Å²) in [6.07, 6.45) is 0.524. The molecule has 3 rings (SSSR count). The number of rotatable bonds is 6. The number of aliphatic hydroxyl groups excluding tert-OH is 2. The molecule has 0 unspecified atom stereocenters. The van der Waals surface area contributed by atoms with E-state index >= 15 is 0 Å². The first-order chi connectivity index (χ1) is 11.5. The first kappa shape index (κ1) is 16.3. The molecule has 0 amide bonds. The molecule has 8 heteroatoms. The second-order valence-electron chi connectivity index (χ2n) is 5.62. The van der Waals surface area contributed by atoms with Gasteiger partial charge in [0.2, 0.25) is 0 Å². The van der Waals surface area contributed by atoms with E-state index in [1.54, 1.807) is 0 Å². The van der Waals surface area contributed by atoms with E-state index in [-0.39, 0.29) is 60.7 Å². The second kappa shape index (κ2) is 6.14. The fourth-order valence-electron chi connectivity index (χ4n) is 2.94. The van der Waals surface area contributed by atoms with Gasteiger partial charge in [-0.25, -0.2) is 0 Å². The molecule has 0 spiro atoms. The molecule has 0 radical (unpaired) electrons. The summed E-state index contributed by atoms with van der Waals surface area (Å²) in [4.78, 5) is 49.3. The standard InChI is InChI=1S/C16H16N2O6/c19-5-1-3-17-13(21)9-7-11-12(8-10(9)14(17)22)16(24)18(15(11)23)4-2-6-20/h7-8,19-20H,1-6H2. The van der Waals surface area contributed by atoms with E-state index in [0.717, 1.165) is 9.13 Å². The van der Waals surface area contributed by atoms with Gasteiger partial charge in [0.05, 0.1) is 21.5 Å². The molecule has 0 aliphatic rings. The van der Waals surface area contributed by atoms with Crippen LogP contribution in [-0.2, 0) is 13.1 Å². The second-order valence-corrected chi connectivity index (χ2v) is 5.62. The molecule has 0 aliphatic carbocycles. The van der Waals surface area contributed by atoms with Crippen molar-refractivity contribution in [2.45, 2.75) is 25.9 Å². The summed E-state index contributed by atoms with van der Waals surface area (Å²) in [6.45, 7) is -0.141. The Balaban J connectivity index is 2.30. The Labute approximate surface area is 134 Å².